The third kappa shape index (κ3) is 4.02. The number of carbonyl (C=O) groups excluding carboxylic acids is 2. The van der Waals surface area contributed by atoms with E-state index < -0.39 is 18.5 Å². The molecule has 0 aromatic heterocycles. The van der Waals surface area contributed by atoms with Crippen molar-refractivity contribution < 1.29 is 19.1 Å². The summed E-state index contributed by atoms with van der Waals surface area (Å²) in [4.78, 5) is 24.0. The molecule has 1 heterocycles. The Kier molecular flexibility index (Phi) is 5.20. The Morgan fingerprint density at radius 2 is 2.08 bits per heavy atom. The molecule has 0 unspecified atom stereocenters. The molecule has 26 heavy (non-hydrogen) atoms. The highest BCUT2D eigenvalue weighted by Gasteiger charge is 2.19. The van der Waals surface area contributed by atoms with Crippen molar-refractivity contribution in [2.24, 2.45) is 0 Å². The molecule has 130 valence electrons. The second kappa shape index (κ2) is 7.72. The molecule has 0 fully saturated rings. The highest BCUT2D eigenvalue weighted by molar-refractivity contribution is 6.32. The van der Waals surface area contributed by atoms with Crippen molar-refractivity contribution in [3.63, 3.8) is 0 Å². The number of halogens is 1. The van der Waals surface area contributed by atoms with Crippen LogP contribution in [0.2, 0.25) is 5.02 Å². The first-order valence-corrected chi connectivity index (χ1v) is 8.03. The quantitative estimate of drug-likeness (QED) is 0.837. The molecule has 1 aliphatic heterocycles. The smallest absolute Gasteiger partial charge is 0.338 e. The van der Waals surface area contributed by atoms with Crippen LogP contribution in [0, 0.1) is 11.3 Å². The van der Waals surface area contributed by atoms with Crippen molar-refractivity contribution in [3.05, 3.63) is 64.2 Å². The number of hydrogen-bond acceptors (Lipinski definition) is 5. The highest BCUT2D eigenvalue weighted by atomic mass is 35.5. The van der Waals surface area contributed by atoms with Gasteiger partial charge in [0.05, 0.1) is 16.2 Å². The number of amides is 1. The van der Waals surface area contributed by atoms with Gasteiger partial charge in [-0.25, -0.2) is 4.79 Å². The second-order valence-electron chi connectivity index (χ2n) is 5.43. The summed E-state index contributed by atoms with van der Waals surface area (Å²) in [5.41, 5.74) is 1.82. The number of fused-ring (bicyclic) bond motifs is 1. The highest BCUT2D eigenvalue weighted by Crippen LogP contribution is 2.26. The van der Waals surface area contributed by atoms with Crippen molar-refractivity contribution in [1.29, 1.82) is 5.26 Å². The third-order valence-electron chi connectivity index (χ3n) is 3.60. The molecule has 0 radical (unpaired) electrons. The largest absolute Gasteiger partial charge is 0.488 e. The van der Waals surface area contributed by atoms with E-state index in [0.29, 0.717) is 22.6 Å². The van der Waals surface area contributed by atoms with Crippen LogP contribution in [0.5, 0.6) is 5.75 Å². The zero-order valence-corrected chi connectivity index (χ0v) is 14.2. The van der Waals surface area contributed by atoms with Gasteiger partial charge in [-0.15, -0.1) is 0 Å². The van der Waals surface area contributed by atoms with Gasteiger partial charge in [-0.05, 0) is 30.3 Å². The predicted octanol–water partition coefficient (Wildman–Crippen LogP) is 3.17. The topological polar surface area (TPSA) is 88.4 Å². The summed E-state index contributed by atoms with van der Waals surface area (Å²) in [6, 6.07) is 13.7. The fraction of sp³-hybridized carbons (Fsp3) is 0.105. The molecule has 6 nitrogen and oxygen atoms in total. The molecule has 0 aliphatic carbocycles. The molecule has 2 aromatic carbocycles. The van der Waals surface area contributed by atoms with E-state index in [-0.39, 0.29) is 11.6 Å². The van der Waals surface area contributed by atoms with Crippen molar-refractivity contribution in [2.45, 2.75) is 0 Å². The minimum absolute atomic E-state index is 0.0860. The normalized spacial score (nSPS) is 12.1. The third-order valence-corrected chi connectivity index (χ3v) is 3.91. The van der Waals surface area contributed by atoms with Gasteiger partial charge in [-0.3, -0.25) is 4.79 Å². The zero-order chi connectivity index (χ0) is 18.5. The van der Waals surface area contributed by atoms with Gasteiger partial charge in [0.25, 0.3) is 5.91 Å². The Labute approximate surface area is 154 Å². The van der Waals surface area contributed by atoms with Gasteiger partial charge in [0.1, 0.15) is 18.4 Å². The number of nitrogens with zero attached hydrogens (tertiary/aromatic N) is 1. The van der Waals surface area contributed by atoms with Crippen LogP contribution >= 0.6 is 11.6 Å². The molecule has 1 aliphatic rings. The first-order valence-electron chi connectivity index (χ1n) is 7.66. The maximum Gasteiger partial charge on any atom is 0.338 e. The van der Waals surface area contributed by atoms with Gasteiger partial charge in [-0.2, -0.15) is 5.26 Å². The van der Waals surface area contributed by atoms with Crippen molar-refractivity contribution in [1.82, 2.24) is 0 Å². The molecule has 1 N–H and O–H groups in total. The lowest BCUT2D eigenvalue weighted by Crippen LogP contribution is -2.23. The number of hydrogen-bond donors (Lipinski definition) is 1. The first-order chi connectivity index (χ1) is 12.6. The van der Waals surface area contributed by atoms with Gasteiger partial charge in [0.2, 0.25) is 0 Å². The van der Waals surface area contributed by atoms with E-state index in [4.69, 9.17) is 26.3 Å². The Morgan fingerprint density at radius 3 is 2.85 bits per heavy atom. The maximum absolute atomic E-state index is 12.1. The number of esters is 1. The van der Waals surface area contributed by atoms with Gasteiger partial charge in [-0.1, -0.05) is 29.8 Å². The number of benzene rings is 2. The van der Waals surface area contributed by atoms with Crippen LogP contribution in [0.4, 0.5) is 5.69 Å². The minimum Gasteiger partial charge on any atom is -0.488 e. The number of para-hydroxylation sites is 1. The van der Waals surface area contributed by atoms with Gasteiger partial charge < -0.3 is 14.8 Å². The number of nitriles is 1. The Bertz CT molecular complexity index is 947. The summed E-state index contributed by atoms with van der Waals surface area (Å²) in [5, 5.41) is 11.6. The lowest BCUT2D eigenvalue weighted by molar-refractivity contribution is -0.143. The van der Waals surface area contributed by atoms with Crippen molar-refractivity contribution >= 4 is 35.2 Å². The van der Waals surface area contributed by atoms with Crippen LogP contribution in [-0.2, 0) is 14.3 Å². The maximum atomic E-state index is 12.1. The van der Waals surface area contributed by atoms with Crippen LogP contribution in [-0.4, -0.2) is 25.1 Å². The number of nitrogens with one attached hydrogen (secondary N) is 1. The molecule has 1 amide bonds. The zero-order valence-electron chi connectivity index (χ0n) is 13.5. The Balaban J connectivity index is 1.57. The number of carbonyl (C=O) groups is 2. The van der Waals surface area contributed by atoms with Crippen LogP contribution in [0.15, 0.2) is 48.0 Å². The van der Waals surface area contributed by atoms with Crippen LogP contribution < -0.4 is 10.1 Å². The van der Waals surface area contributed by atoms with E-state index in [0.717, 1.165) is 5.56 Å². The summed E-state index contributed by atoms with van der Waals surface area (Å²) < 4.78 is 10.5. The summed E-state index contributed by atoms with van der Waals surface area (Å²) >= 11 is 5.90. The van der Waals surface area contributed by atoms with Crippen molar-refractivity contribution in [2.75, 3.05) is 18.5 Å². The van der Waals surface area contributed by atoms with E-state index >= 15 is 0 Å². The fourth-order valence-electron chi connectivity index (χ4n) is 2.34. The Morgan fingerprint density at radius 1 is 1.27 bits per heavy atom. The van der Waals surface area contributed by atoms with Crippen LogP contribution in [0.25, 0.3) is 6.08 Å². The van der Waals surface area contributed by atoms with E-state index in [2.05, 4.69) is 5.32 Å². The lowest BCUT2D eigenvalue weighted by Gasteiger charge is -2.16. The molecular weight excluding hydrogens is 356 g/mol. The summed E-state index contributed by atoms with van der Waals surface area (Å²) in [5.74, 6) is -0.441. The summed E-state index contributed by atoms with van der Waals surface area (Å²) in [6.45, 7) is -0.363. The van der Waals surface area contributed by atoms with Gasteiger partial charge >= 0.3 is 5.97 Å². The van der Waals surface area contributed by atoms with Crippen molar-refractivity contribution in [3.8, 4) is 11.8 Å². The number of rotatable bonds is 4. The van der Waals surface area contributed by atoms with E-state index in [9.17, 15) is 9.59 Å². The first kappa shape index (κ1) is 17.5. The van der Waals surface area contributed by atoms with E-state index in [1.807, 2.05) is 30.3 Å². The summed E-state index contributed by atoms with van der Waals surface area (Å²) in [7, 11) is 0. The summed E-state index contributed by atoms with van der Waals surface area (Å²) in [6.07, 6.45) is 1.68. The van der Waals surface area contributed by atoms with Crippen LogP contribution in [0.3, 0.4) is 0 Å². The molecule has 3 rings (SSSR count). The molecule has 0 saturated carbocycles. The lowest BCUT2D eigenvalue weighted by atomic mass is 10.1. The molecule has 7 heteroatoms. The van der Waals surface area contributed by atoms with E-state index in [1.54, 1.807) is 12.1 Å². The number of ether oxygens (including phenoxy) is 2. The monoisotopic (exact) mass is 368 g/mol. The molecule has 0 saturated heterocycles. The second-order valence-corrected chi connectivity index (χ2v) is 5.83. The molecule has 0 atom stereocenters. The average molecular weight is 369 g/mol. The number of anilines is 1. The van der Waals surface area contributed by atoms with Gasteiger partial charge in [0.15, 0.2) is 6.61 Å². The molecule has 0 spiro atoms. The van der Waals surface area contributed by atoms with Crippen LogP contribution in [0.1, 0.15) is 11.1 Å². The standard InChI is InChI=1S/C19H13ClN2O4/c20-16-8-15(6-5-13(16)9-21)22-18(23)11-26-19(24)14-7-12-3-1-2-4-17(12)25-10-14/h1-8H,10-11H2,(H,22,23). The van der Waals surface area contributed by atoms with E-state index in [1.165, 1.54) is 12.1 Å². The average Bonchev–Trinajstić information content (AvgIpc) is 2.66. The molecule has 2 aromatic rings. The Hall–Kier alpha value is -3.30. The fourth-order valence-corrected chi connectivity index (χ4v) is 2.56. The molecular formula is C19H13ClN2O4. The minimum atomic E-state index is -0.618. The SMILES string of the molecule is N#Cc1ccc(NC(=O)COC(=O)C2=Cc3ccccc3OC2)cc1Cl. The molecule has 0 bridgehead atoms. The predicted molar refractivity (Wildman–Crippen MR) is 95.7 cm³/mol. The van der Waals surface area contributed by atoms with Gasteiger partial charge in [0, 0.05) is 11.3 Å².